The van der Waals surface area contributed by atoms with E-state index < -0.39 is 10.0 Å². The Balaban J connectivity index is 2.16. The van der Waals surface area contributed by atoms with Crippen molar-refractivity contribution in [3.05, 3.63) is 39.1 Å². The minimum absolute atomic E-state index is 0.303. The number of hydrogen-bond acceptors (Lipinski definition) is 5. The second-order valence-electron chi connectivity index (χ2n) is 4.35. The fraction of sp³-hybridized carbons (Fsp3) is 0.308. The Hall–Kier alpha value is -0.960. The highest BCUT2D eigenvalue weighted by Gasteiger charge is 2.20. The van der Waals surface area contributed by atoms with Gasteiger partial charge in [-0.3, -0.25) is 4.72 Å². The molecule has 0 amide bonds. The van der Waals surface area contributed by atoms with Crippen LogP contribution >= 0.6 is 27.3 Å². The van der Waals surface area contributed by atoms with E-state index in [-0.39, 0.29) is 0 Å². The third kappa shape index (κ3) is 4.50. The zero-order valence-corrected chi connectivity index (χ0v) is 14.7. The first-order chi connectivity index (χ1) is 10.0. The van der Waals surface area contributed by atoms with E-state index in [4.69, 9.17) is 0 Å². The van der Waals surface area contributed by atoms with Gasteiger partial charge < -0.3 is 5.32 Å². The van der Waals surface area contributed by atoms with Crippen LogP contribution in [-0.2, 0) is 16.6 Å². The number of anilines is 1. The zero-order valence-electron chi connectivity index (χ0n) is 11.5. The predicted octanol–water partition coefficient (Wildman–Crippen LogP) is 3.21. The maximum Gasteiger partial charge on any atom is 0.264 e. The van der Waals surface area contributed by atoms with Crippen molar-refractivity contribution in [1.29, 1.82) is 0 Å². The van der Waals surface area contributed by atoms with Crippen LogP contribution in [0.15, 0.2) is 39.1 Å². The van der Waals surface area contributed by atoms with Gasteiger partial charge in [0, 0.05) is 22.1 Å². The van der Waals surface area contributed by atoms with E-state index in [1.165, 1.54) is 11.3 Å². The molecule has 2 aromatic rings. The average Bonchev–Trinajstić information content (AvgIpc) is 2.91. The van der Waals surface area contributed by atoms with E-state index in [2.05, 4.69) is 37.9 Å². The molecule has 0 aliphatic rings. The number of halogens is 1. The summed E-state index contributed by atoms with van der Waals surface area (Å²) in [6, 6.07) is 4.97. The molecule has 21 heavy (non-hydrogen) atoms. The van der Waals surface area contributed by atoms with E-state index in [0.717, 1.165) is 22.3 Å². The monoisotopic (exact) mass is 389 g/mol. The molecule has 0 spiro atoms. The van der Waals surface area contributed by atoms with Gasteiger partial charge in [-0.2, -0.15) is 0 Å². The van der Waals surface area contributed by atoms with Crippen LogP contribution in [0.1, 0.15) is 18.2 Å². The van der Waals surface area contributed by atoms with E-state index >= 15 is 0 Å². The molecule has 8 heteroatoms. The SMILES string of the molecule is CCCNCc1sccc1S(=O)(=O)Nc1ccc(Br)cn1. The highest BCUT2D eigenvalue weighted by molar-refractivity contribution is 9.10. The lowest BCUT2D eigenvalue weighted by molar-refractivity contribution is 0.598. The lowest BCUT2D eigenvalue weighted by Gasteiger charge is -2.08. The molecule has 114 valence electrons. The van der Waals surface area contributed by atoms with Gasteiger partial charge in [0.25, 0.3) is 10.0 Å². The van der Waals surface area contributed by atoms with Crippen molar-refractivity contribution < 1.29 is 8.42 Å². The number of thiophene rings is 1. The number of hydrogen-bond donors (Lipinski definition) is 2. The quantitative estimate of drug-likeness (QED) is 0.713. The van der Waals surface area contributed by atoms with Crippen molar-refractivity contribution in [1.82, 2.24) is 10.3 Å². The van der Waals surface area contributed by atoms with E-state index in [0.29, 0.717) is 17.3 Å². The number of pyridine rings is 1. The lowest BCUT2D eigenvalue weighted by Crippen LogP contribution is -2.18. The summed E-state index contributed by atoms with van der Waals surface area (Å²) in [7, 11) is -3.61. The fourth-order valence-electron chi connectivity index (χ4n) is 1.70. The predicted molar refractivity (Wildman–Crippen MR) is 89.1 cm³/mol. The molecule has 0 saturated heterocycles. The van der Waals surface area contributed by atoms with Crippen molar-refractivity contribution in [2.75, 3.05) is 11.3 Å². The molecule has 2 aromatic heterocycles. The molecule has 0 atom stereocenters. The molecular formula is C13H16BrN3O2S2. The first kappa shape index (κ1) is 16.4. The Morgan fingerprint density at radius 3 is 2.81 bits per heavy atom. The maximum atomic E-state index is 12.4. The van der Waals surface area contributed by atoms with Crippen LogP contribution in [-0.4, -0.2) is 19.9 Å². The highest BCUT2D eigenvalue weighted by Crippen LogP contribution is 2.24. The largest absolute Gasteiger partial charge is 0.312 e. The number of nitrogens with one attached hydrogen (secondary N) is 2. The summed E-state index contributed by atoms with van der Waals surface area (Å²) in [6.07, 6.45) is 2.56. The molecule has 0 aromatic carbocycles. The van der Waals surface area contributed by atoms with Crippen LogP contribution in [0.5, 0.6) is 0 Å². The van der Waals surface area contributed by atoms with Crippen molar-refractivity contribution in [2.24, 2.45) is 0 Å². The number of nitrogens with zero attached hydrogens (tertiary/aromatic N) is 1. The molecule has 2 rings (SSSR count). The molecular weight excluding hydrogens is 374 g/mol. The summed E-state index contributed by atoms with van der Waals surface area (Å²) < 4.78 is 28.1. The van der Waals surface area contributed by atoms with Gasteiger partial charge in [0.15, 0.2) is 0 Å². The lowest BCUT2D eigenvalue weighted by atomic mass is 10.4. The van der Waals surface area contributed by atoms with Crippen molar-refractivity contribution >= 4 is 43.1 Å². The molecule has 0 aliphatic heterocycles. The summed E-state index contributed by atoms with van der Waals surface area (Å²) in [6.45, 7) is 3.48. The van der Waals surface area contributed by atoms with E-state index in [1.807, 2.05) is 0 Å². The number of rotatable bonds is 7. The Bertz CT molecular complexity index is 684. The van der Waals surface area contributed by atoms with Crippen molar-refractivity contribution in [2.45, 2.75) is 24.8 Å². The van der Waals surface area contributed by atoms with Crippen LogP contribution in [0.3, 0.4) is 0 Å². The third-order valence-electron chi connectivity index (χ3n) is 2.67. The molecule has 2 N–H and O–H groups in total. The standard InChI is InChI=1S/C13H16BrN3O2S2/c1-2-6-15-9-11-12(5-7-20-11)21(18,19)17-13-4-3-10(14)8-16-13/h3-5,7-8,15H,2,6,9H2,1H3,(H,16,17). The summed E-state index contributed by atoms with van der Waals surface area (Å²) in [5.41, 5.74) is 0. The minimum atomic E-state index is -3.61. The molecule has 0 aliphatic carbocycles. The van der Waals surface area contributed by atoms with Gasteiger partial charge >= 0.3 is 0 Å². The van der Waals surface area contributed by atoms with Gasteiger partial charge in [-0.1, -0.05) is 6.92 Å². The maximum absolute atomic E-state index is 12.4. The summed E-state index contributed by atoms with van der Waals surface area (Å²) in [4.78, 5) is 5.13. The molecule has 0 unspecified atom stereocenters. The topological polar surface area (TPSA) is 71.1 Å². The molecule has 5 nitrogen and oxygen atoms in total. The first-order valence-electron chi connectivity index (χ1n) is 6.44. The highest BCUT2D eigenvalue weighted by atomic mass is 79.9. The summed E-state index contributed by atoms with van der Waals surface area (Å²) in [5.74, 6) is 0.303. The van der Waals surface area contributed by atoms with Gasteiger partial charge in [-0.15, -0.1) is 11.3 Å². The average molecular weight is 390 g/mol. The summed E-state index contributed by atoms with van der Waals surface area (Å²) >= 11 is 4.69. The van der Waals surface area contributed by atoms with Crippen LogP contribution in [0.25, 0.3) is 0 Å². The third-order valence-corrected chi connectivity index (χ3v) is 5.63. The Kier molecular flexibility index (Phi) is 5.74. The first-order valence-corrected chi connectivity index (χ1v) is 9.60. The normalized spacial score (nSPS) is 11.5. The molecule has 0 radical (unpaired) electrons. The second kappa shape index (κ2) is 7.35. The van der Waals surface area contributed by atoms with Crippen LogP contribution < -0.4 is 10.0 Å². The van der Waals surface area contributed by atoms with Gasteiger partial charge in [0.05, 0.1) is 0 Å². The van der Waals surface area contributed by atoms with E-state index in [9.17, 15) is 8.42 Å². The Morgan fingerprint density at radius 2 is 2.14 bits per heavy atom. The Morgan fingerprint density at radius 1 is 1.33 bits per heavy atom. The number of aromatic nitrogens is 1. The molecule has 0 fully saturated rings. The van der Waals surface area contributed by atoms with Crippen LogP contribution in [0.2, 0.25) is 0 Å². The Labute approximate surface area is 137 Å². The van der Waals surface area contributed by atoms with Crippen molar-refractivity contribution in [3.8, 4) is 0 Å². The van der Waals surface area contributed by atoms with Gasteiger partial charge in [0.2, 0.25) is 0 Å². The van der Waals surface area contributed by atoms with Gasteiger partial charge in [-0.05, 0) is 52.5 Å². The summed E-state index contributed by atoms with van der Waals surface area (Å²) in [5, 5.41) is 5.00. The number of sulfonamides is 1. The van der Waals surface area contributed by atoms with Gasteiger partial charge in [0.1, 0.15) is 10.7 Å². The molecule has 0 saturated carbocycles. The van der Waals surface area contributed by atoms with Crippen LogP contribution in [0.4, 0.5) is 5.82 Å². The second-order valence-corrected chi connectivity index (χ2v) is 7.92. The van der Waals surface area contributed by atoms with E-state index in [1.54, 1.807) is 29.8 Å². The van der Waals surface area contributed by atoms with Gasteiger partial charge in [-0.25, -0.2) is 13.4 Å². The smallest absolute Gasteiger partial charge is 0.264 e. The zero-order chi connectivity index (χ0) is 15.3. The minimum Gasteiger partial charge on any atom is -0.312 e. The molecule has 0 bridgehead atoms. The van der Waals surface area contributed by atoms with Crippen LogP contribution in [0, 0.1) is 0 Å². The fourth-order valence-corrected chi connectivity index (χ4v) is 4.36. The molecule has 2 heterocycles. The van der Waals surface area contributed by atoms with Crippen molar-refractivity contribution in [3.63, 3.8) is 0 Å².